The predicted molar refractivity (Wildman–Crippen MR) is 69.3 cm³/mol. The van der Waals surface area contributed by atoms with Gasteiger partial charge in [0.1, 0.15) is 0 Å². The van der Waals surface area contributed by atoms with Crippen LogP contribution in [0.4, 0.5) is 5.69 Å². The summed E-state index contributed by atoms with van der Waals surface area (Å²) < 4.78 is 5.21. The largest absolute Gasteiger partial charge is 0.398 e. The number of methoxy groups -OCH3 is 1. The minimum atomic E-state index is -0.414. The Morgan fingerprint density at radius 1 is 1.53 bits per heavy atom. The number of benzene rings is 1. The Labute approximate surface area is 106 Å². The van der Waals surface area contributed by atoms with Gasteiger partial charge in [-0.15, -0.1) is 0 Å². The summed E-state index contributed by atoms with van der Waals surface area (Å²) in [7, 11) is 1.60. The van der Waals surface area contributed by atoms with Crippen LogP contribution in [0, 0.1) is 0 Å². The number of carbonyl (C=O) groups is 1. The third kappa shape index (κ3) is 3.91. The van der Waals surface area contributed by atoms with Gasteiger partial charge in [-0.2, -0.15) is 0 Å². The van der Waals surface area contributed by atoms with Gasteiger partial charge in [-0.25, -0.2) is 0 Å². The molecule has 0 spiro atoms. The molecule has 0 saturated carbocycles. The molecule has 0 radical (unpaired) electrons. The van der Waals surface area contributed by atoms with E-state index in [1.165, 1.54) is 0 Å². The molecule has 0 saturated heterocycles. The van der Waals surface area contributed by atoms with Crippen molar-refractivity contribution in [3.05, 3.63) is 28.8 Å². The summed E-state index contributed by atoms with van der Waals surface area (Å²) in [5.41, 5.74) is 6.08. The van der Waals surface area contributed by atoms with Crippen LogP contribution >= 0.6 is 11.6 Å². The number of nitrogens with one attached hydrogen (secondary N) is 1. The van der Waals surface area contributed by atoms with E-state index in [0.717, 1.165) is 0 Å². The van der Waals surface area contributed by atoms with Gasteiger partial charge in [0.2, 0.25) is 0 Å². The number of ether oxygens (including phenoxy) is 1. The Hall–Kier alpha value is -1.26. The van der Waals surface area contributed by atoms with Crippen LogP contribution in [0.15, 0.2) is 18.2 Å². The molecule has 0 aliphatic heterocycles. The van der Waals surface area contributed by atoms with Gasteiger partial charge in [-0.3, -0.25) is 4.79 Å². The zero-order chi connectivity index (χ0) is 13.1. The number of halogens is 1. The van der Waals surface area contributed by atoms with Crippen LogP contribution in [-0.2, 0) is 4.74 Å². The van der Waals surface area contributed by atoms with Gasteiger partial charge in [0, 0.05) is 24.4 Å². The lowest BCUT2D eigenvalue weighted by Crippen LogP contribution is -2.39. The van der Waals surface area contributed by atoms with Crippen molar-refractivity contribution in [3.8, 4) is 0 Å². The van der Waals surface area contributed by atoms with Crippen molar-refractivity contribution in [2.24, 2.45) is 0 Å². The highest BCUT2D eigenvalue weighted by molar-refractivity contribution is 6.31. The molecule has 0 atom stereocenters. The second-order valence-electron chi connectivity index (χ2n) is 4.38. The molecule has 94 valence electrons. The Kier molecular flexibility index (Phi) is 4.37. The molecule has 0 unspecified atom stereocenters. The van der Waals surface area contributed by atoms with Crippen LogP contribution in [0.5, 0.6) is 0 Å². The Morgan fingerprint density at radius 3 is 2.76 bits per heavy atom. The first kappa shape index (κ1) is 13.8. The average molecular weight is 257 g/mol. The fraction of sp³-hybridized carbons (Fsp3) is 0.417. The van der Waals surface area contributed by atoms with E-state index >= 15 is 0 Å². The molecule has 0 aliphatic rings. The fourth-order valence-corrected chi connectivity index (χ4v) is 1.36. The van der Waals surface area contributed by atoms with Crippen molar-refractivity contribution in [3.63, 3.8) is 0 Å². The van der Waals surface area contributed by atoms with Gasteiger partial charge in [0.05, 0.1) is 11.2 Å². The zero-order valence-corrected chi connectivity index (χ0v) is 11.0. The van der Waals surface area contributed by atoms with Gasteiger partial charge in [0.15, 0.2) is 0 Å². The molecule has 0 fully saturated rings. The topological polar surface area (TPSA) is 64.3 Å². The number of nitrogens with two attached hydrogens (primary N) is 1. The van der Waals surface area contributed by atoms with Crippen molar-refractivity contribution in [1.82, 2.24) is 5.32 Å². The first-order chi connectivity index (χ1) is 7.85. The number of nitrogen functional groups attached to an aromatic ring is 1. The van der Waals surface area contributed by atoms with Crippen molar-refractivity contribution in [1.29, 1.82) is 0 Å². The van der Waals surface area contributed by atoms with Gasteiger partial charge in [0.25, 0.3) is 5.91 Å². The number of carbonyl (C=O) groups excluding carboxylic acids is 1. The maximum atomic E-state index is 11.9. The monoisotopic (exact) mass is 256 g/mol. The number of rotatable bonds is 4. The minimum Gasteiger partial charge on any atom is -0.398 e. The third-order valence-corrected chi connectivity index (χ3v) is 2.72. The van der Waals surface area contributed by atoms with Gasteiger partial charge >= 0.3 is 0 Å². The molecule has 1 aromatic carbocycles. The number of anilines is 1. The maximum absolute atomic E-state index is 11.9. The van der Waals surface area contributed by atoms with E-state index in [-0.39, 0.29) is 5.91 Å². The molecule has 0 aliphatic carbocycles. The van der Waals surface area contributed by atoms with Crippen LogP contribution in [-0.4, -0.2) is 25.2 Å². The summed E-state index contributed by atoms with van der Waals surface area (Å²) in [5.74, 6) is -0.255. The standard InChI is InChI=1S/C12H17ClN2O2/c1-12(2,17-3)7-15-11(16)9-6-8(13)4-5-10(9)14/h4-6H,7,14H2,1-3H3,(H,15,16). The first-order valence-electron chi connectivity index (χ1n) is 5.24. The molecular weight excluding hydrogens is 240 g/mol. The van der Waals surface area contributed by atoms with E-state index in [2.05, 4.69) is 5.32 Å². The van der Waals surface area contributed by atoms with Crippen LogP contribution in [0.1, 0.15) is 24.2 Å². The summed E-state index contributed by atoms with van der Waals surface area (Å²) in [5, 5.41) is 3.24. The maximum Gasteiger partial charge on any atom is 0.253 e. The highest BCUT2D eigenvalue weighted by Crippen LogP contribution is 2.18. The smallest absolute Gasteiger partial charge is 0.253 e. The summed E-state index contributed by atoms with van der Waals surface area (Å²) >= 11 is 5.82. The van der Waals surface area contributed by atoms with E-state index in [0.29, 0.717) is 22.8 Å². The molecule has 1 rings (SSSR count). The van der Waals surface area contributed by atoms with Crippen molar-refractivity contribution in [2.45, 2.75) is 19.4 Å². The number of hydrogen-bond donors (Lipinski definition) is 2. The number of hydrogen-bond acceptors (Lipinski definition) is 3. The number of amides is 1. The van der Waals surface area contributed by atoms with E-state index in [1.54, 1.807) is 25.3 Å². The SMILES string of the molecule is COC(C)(C)CNC(=O)c1cc(Cl)ccc1N. The summed E-state index contributed by atoms with van der Waals surface area (Å²) in [4.78, 5) is 11.9. The molecule has 17 heavy (non-hydrogen) atoms. The van der Waals surface area contributed by atoms with E-state index < -0.39 is 5.60 Å². The molecule has 0 heterocycles. The molecule has 3 N–H and O–H groups in total. The lowest BCUT2D eigenvalue weighted by molar-refractivity contribution is 0.0229. The van der Waals surface area contributed by atoms with Crippen molar-refractivity contribution in [2.75, 3.05) is 19.4 Å². The highest BCUT2D eigenvalue weighted by atomic mass is 35.5. The lowest BCUT2D eigenvalue weighted by Gasteiger charge is -2.23. The molecule has 5 heteroatoms. The molecule has 4 nitrogen and oxygen atoms in total. The van der Waals surface area contributed by atoms with Crippen molar-refractivity contribution < 1.29 is 9.53 Å². The van der Waals surface area contributed by atoms with Crippen LogP contribution in [0.25, 0.3) is 0 Å². The van der Waals surface area contributed by atoms with Crippen LogP contribution < -0.4 is 11.1 Å². The molecule has 1 amide bonds. The quantitative estimate of drug-likeness (QED) is 0.811. The average Bonchev–Trinajstić information content (AvgIpc) is 2.29. The normalized spacial score (nSPS) is 11.3. The summed E-state index contributed by atoms with van der Waals surface area (Å²) in [6, 6.07) is 4.80. The Balaban J connectivity index is 2.74. The van der Waals surface area contributed by atoms with Gasteiger partial charge in [-0.1, -0.05) is 11.6 Å². The van der Waals surface area contributed by atoms with E-state index in [9.17, 15) is 4.79 Å². The lowest BCUT2D eigenvalue weighted by atomic mass is 10.1. The Bertz CT molecular complexity index is 419. The van der Waals surface area contributed by atoms with E-state index in [4.69, 9.17) is 22.1 Å². The van der Waals surface area contributed by atoms with Gasteiger partial charge < -0.3 is 15.8 Å². The van der Waals surface area contributed by atoms with Crippen LogP contribution in [0.3, 0.4) is 0 Å². The van der Waals surface area contributed by atoms with Crippen molar-refractivity contribution >= 4 is 23.2 Å². The zero-order valence-electron chi connectivity index (χ0n) is 10.2. The minimum absolute atomic E-state index is 0.255. The molecule has 1 aromatic rings. The third-order valence-electron chi connectivity index (χ3n) is 2.49. The first-order valence-corrected chi connectivity index (χ1v) is 5.62. The second-order valence-corrected chi connectivity index (χ2v) is 4.81. The van der Waals surface area contributed by atoms with Gasteiger partial charge in [-0.05, 0) is 32.0 Å². The van der Waals surface area contributed by atoms with E-state index in [1.807, 2.05) is 13.8 Å². The predicted octanol–water partition coefficient (Wildman–Crippen LogP) is 2.08. The molecular formula is C12H17ClN2O2. The molecule has 0 bridgehead atoms. The summed E-state index contributed by atoms with van der Waals surface area (Å²) in [6.07, 6.45) is 0. The highest BCUT2D eigenvalue weighted by Gasteiger charge is 2.18. The van der Waals surface area contributed by atoms with Crippen LogP contribution in [0.2, 0.25) is 5.02 Å². The second kappa shape index (κ2) is 5.38. The Morgan fingerprint density at radius 2 is 2.18 bits per heavy atom. The summed E-state index contributed by atoms with van der Waals surface area (Å²) in [6.45, 7) is 4.16. The fourth-order valence-electron chi connectivity index (χ4n) is 1.19. The molecule has 0 aromatic heterocycles.